The summed E-state index contributed by atoms with van der Waals surface area (Å²) < 4.78 is 0. The number of halogens is 1. The summed E-state index contributed by atoms with van der Waals surface area (Å²) in [4.78, 5) is 0. The Kier molecular flexibility index (Phi) is 194. The Morgan fingerprint density at radius 1 is 1.00 bits per heavy atom. The Morgan fingerprint density at radius 2 is 1.00 bits per heavy atom. The molecule has 0 bridgehead atoms. The monoisotopic (exact) mass is 104 g/mol. The van der Waals surface area contributed by atoms with Gasteiger partial charge < -0.3 is 1.43 Å². The van der Waals surface area contributed by atoms with Crippen LogP contribution in [0.2, 0.25) is 0 Å². The number of hydrogen-bond acceptors (Lipinski definition) is 0. The summed E-state index contributed by atoms with van der Waals surface area (Å²) in [6.07, 6.45) is 0. The van der Waals surface area contributed by atoms with E-state index in [1.54, 1.807) is 0 Å². The largest absolute Gasteiger partial charge is 1.00 e. The van der Waals surface area contributed by atoms with Crippen LogP contribution in [-0.4, -0.2) is 34.7 Å². The average Bonchev–Trinajstić information content (AvgIpc) is 0. The average molecular weight is 104 g/mol. The van der Waals surface area contributed by atoms with Crippen molar-refractivity contribution in [3.05, 3.63) is 0 Å². The van der Waals surface area contributed by atoms with E-state index < -0.39 is 0 Å². The molecule has 0 aromatic heterocycles. The summed E-state index contributed by atoms with van der Waals surface area (Å²) in [5.41, 5.74) is 0. The van der Waals surface area contributed by atoms with E-state index in [1.807, 2.05) is 0 Å². The van der Waals surface area contributed by atoms with E-state index in [0.29, 0.717) is 0 Å². The molecule has 0 aliphatic carbocycles. The minimum Gasteiger partial charge on any atom is -1.00 e. The van der Waals surface area contributed by atoms with Crippen molar-refractivity contribution in [3.63, 3.8) is 0 Å². The quantitative estimate of drug-likeness (QED) is 0.271. The molecule has 0 amide bonds. The van der Waals surface area contributed by atoms with E-state index in [4.69, 9.17) is 0 Å². The van der Waals surface area contributed by atoms with Crippen LogP contribution in [0.3, 0.4) is 0 Å². The summed E-state index contributed by atoms with van der Waals surface area (Å²) in [6.45, 7) is 0. The fourth-order valence-electron chi connectivity index (χ4n) is 0. The zero-order valence-corrected chi connectivity index (χ0v) is 2.22. The zero-order valence-electron chi connectivity index (χ0n) is 2.41. The zero-order chi connectivity index (χ0) is 0. The minimum absolute atomic E-state index is 0. The van der Waals surface area contributed by atoms with Gasteiger partial charge >= 0.3 is 18.9 Å². The molecule has 4 heteroatoms. The SMILES string of the molecule is Cl.[AlH3].[AlH3].[H-].[Li+]. The molecular weight excluding hydrogens is 96.4 g/mol. The summed E-state index contributed by atoms with van der Waals surface area (Å²) in [6, 6.07) is 0. The molecule has 0 saturated carbocycles. The molecular formula is H8Al2ClLi. The first-order valence-electron chi connectivity index (χ1n) is 0. The van der Waals surface area contributed by atoms with Crippen LogP contribution in [0.1, 0.15) is 1.43 Å². The molecule has 0 heterocycles. The molecule has 0 spiro atoms. The van der Waals surface area contributed by atoms with Gasteiger partial charge in [0.25, 0.3) is 0 Å². The summed E-state index contributed by atoms with van der Waals surface area (Å²) in [5, 5.41) is 0. The van der Waals surface area contributed by atoms with Crippen molar-refractivity contribution in [2.45, 2.75) is 0 Å². The second-order valence-corrected chi connectivity index (χ2v) is 0. The van der Waals surface area contributed by atoms with Gasteiger partial charge in [-0.1, -0.05) is 0 Å². The Balaban J connectivity index is 0. The fraction of sp³-hybridized carbons (Fsp3) is 0. The molecule has 0 aliphatic heterocycles. The van der Waals surface area contributed by atoms with Crippen molar-refractivity contribution in [1.29, 1.82) is 0 Å². The third-order valence-corrected chi connectivity index (χ3v) is 0. The van der Waals surface area contributed by atoms with Gasteiger partial charge in [0.15, 0.2) is 34.7 Å². The van der Waals surface area contributed by atoms with Crippen LogP contribution in [-0.2, 0) is 0 Å². The molecule has 4 heavy (non-hydrogen) atoms. The van der Waals surface area contributed by atoms with Crippen LogP contribution in [0, 0.1) is 0 Å². The minimum atomic E-state index is 0. The first-order valence-corrected chi connectivity index (χ1v) is 0. The Labute approximate surface area is 67.1 Å². The maximum atomic E-state index is 0. The number of rotatable bonds is 0. The Bertz CT molecular complexity index is 9.61. The standard InChI is InChI=1S/2Al.ClH.Li.7H/h;;1H;;;;;;;;/q;;;+1;;;;;;;-1. The van der Waals surface area contributed by atoms with Crippen molar-refractivity contribution in [2.75, 3.05) is 0 Å². The second kappa shape index (κ2) is 20.3. The van der Waals surface area contributed by atoms with Gasteiger partial charge in [-0.3, -0.25) is 0 Å². The molecule has 0 atom stereocenters. The summed E-state index contributed by atoms with van der Waals surface area (Å²) in [5.74, 6) is 0. The Hall–Kier alpha value is 1.95. The molecule has 0 unspecified atom stereocenters. The van der Waals surface area contributed by atoms with E-state index in [2.05, 4.69) is 0 Å². The van der Waals surface area contributed by atoms with Gasteiger partial charge in [-0.15, -0.1) is 12.4 Å². The van der Waals surface area contributed by atoms with Gasteiger partial charge in [0, 0.05) is 0 Å². The van der Waals surface area contributed by atoms with Crippen molar-refractivity contribution in [1.82, 2.24) is 0 Å². The van der Waals surface area contributed by atoms with E-state index >= 15 is 0 Å². The smallest absolute Gasteiger partial charge is 1.00 e. The maximum absolute atomic E-state index is 0. The maximum Gasteiger partial charge on any atom is 1.00 e. The summed E-state index contributed by atoms with van der Waals surface area (Å²) >= 11 is 0. The van der Waals surface area contributed by atoms with Crippen LogP contribution in [0.15, 0.2) is 0 Å². The summed E-state index contributed by atoms with van der Waals surface area (Å²) in [7, 11) is 0. The van der Waals surface area contributed by atoms with Gasteiger partial charge in [0.1, 0.15) is 0 Å². The van der Waals surface area contributed by atoms with E-state index in [9.17, 15) is 0 Å². The van der Waals surface area contributed by atoms with Gasteiger partial charge in [0.2, 0.25) is 0 Å². The van der Waals surface area contributed by atoms with Crippen molar-refractivity contribution >= 4 is 47.1 Å². The van der Waals surface area contributed by atoms with E-state index in [1.165, 1.54) is 0 Å². The van der Waals surface area contributed by atoms with Crippen LogP contribution < -0.4 is 18.9 Å². The predicted octanol–water partition coefficient (Wildman–Crippen LogP) is -4.83. The van der Waals surface area contributed by atoms with Gasteiger partial charge in [-0.2, -0.15) is 0 Å². The molecule has 0 radical (unpaired) electrons. The van der Waals surface area contributed by atoms with Gasteiger partial charge in [-0.25, -0.2) is 0 Å². The first kappa shape index (κ1) is 38.3. The van der Waals surface area contributed by atoms with Crippen molar-refractivity contribution in [2.24, 2.45) is 0 Å². The second-order valence-electron chi connectivity index (χ2n) is 0. The van der Waals surface area contributed by atoms with Crippen LogP contribution >= 0.6 is 12.4 Å². The number of hydrogen-bond donors (Lipinski definition) is 0. The van der Waals surface area contributed by atoms with Gasteiger partial charge in [-0.05, 0) is 0 Å². The molecule has 22 valence electrons. The van der Waals surface area contributed by atoms with E-state index in [0.717, 1.165) is 0 Å². The van der Waals surface area contributed by atoms with Crippen LogP contribution in [0.25, 0.3) is 0 Å². The topological polar surface area (TPSA) is 0 Å². The van der Waals surface area contributed by atoms with Crippen LogP contribution in [0.4, 0.5) is 0 Å². The molecule has 0 fully saturated rings. The molecule has 0 saturated heterocycles. The molecule has 0 N–H and O–H groups in total. The van der Waals surface area contributed by atoms with E-state index in [-0.39, 0.29) is 67.4 Å². The Morgan fingerprint density at radius 3 is 1.00 bits per heavy atom. The molecule has 0 aliphatic rings. The normalized spacial score (nSPS) is 0. The third-order valence-electron chi connectivity index (χ3n) is 0. The van der Waals surface area contributed by atoms with Crippen LogP contribution in [0.5, 0.6) is 0 Å². The predicted molar refractivity (Wildman–Crippen MR) is 28.2 cm³/mol. The van der Waals surface area contributed by atoms with Crippen molar-refractivity contribution in [3.8, 4) is 0 Å². The first-order chi connectivity index (χ1) is 0. The molecule has 0 nitrogen and oxygen atoms in total. The van der Waals surface area contributed by atoms with Crippen molar-refractivity contribution < 1.29 is 20.3 Å². The molecule has 0 aromatic rings. The third kappa shape index (κ3) is 9.04. The molecule has 0 aromatic carbocycles. The fourth-order valence-corrected chi connectivity index (χ4v) is 0. The van der Waals surface area contributed by atoms with Gasteiger partial charge in [0.05, 0.1) is 0 Å². The molecule has 0 rings (SSSR count).